The first-order valence-electron chi connectivity index (χ1n) is 7.89. The van der Waals surface area contributed by atoms with Crippen molar-refractivity contribution in [2.45, 2.75) is 24.9 Å². The number of halogens is 1. The van der Waals surface area contributed by atoms with E-state index in [0.29, 0.717) is 24.5 Å². The molecule has 3 rings (SSSR count). The minimum Gasteiger partial charge on any atom is -0.469 e. The maximum atomic E-state index is 11.4. The molecule has 132 valence electrons. The SMILES string of the molecule is COC(=O)CCCN1C(=S)N[C@H](c2ccccn2)[C@H]1c1cc(Br)cs1. The molecule has 1 fully saturated rings. The number of nitrogens with one attached hydrogen (secondary N) is 1. The van der Waals surface area contributed by atoms with E-state index in [2.05, 4.69) is 42.6 Å². The molecule has 8 heteroatoms. The fraction of sp³-hybridized carbons (Fsp3) is 0.353. The molecular formula is C17H18BrN3O2S2. The molecule has 0 unspecified atom stereocenters. The molecule has 0 bridgehead atoms. The number of carbonyl (C=O) groups is 1. The summed E-state index contributed by atoms with van der Waals surface area (Å²) in [7, 11) is 1.41. The summed E-state index contributed by atoms with van der Waals surface area (Å²) in [4.78, 5) is 19.3. The molecule has 0 radical (unpaired) electrons. The number of methoxy groups -OCH3 is 1. The normalized spacial score (nSPS) is 19.8. The molecule has 1 aliphatic rings. The number of hydrogen-bond acceptors (Lipinski definition) is 5. The van der Waals surface area contributed by atoms with Gasteiger partial charge in [-0.1, -0.05) is 6.07 Å². The highest BCUT2D eigenvalue weighted by atomic mass is 79.9. The topological polar surface area (TPSA) is 54.5 Å². The lowest BCUT2D eigenvalue weighted by molar-refractivity contribution is -0.140. The van der Waals surface area contributed by atoms with Crippen LogP contribution in [0.3, 0.4) is 0 Å². The zero-order valence-electron chi connectivity index (χ0n) is 13.6. The minimum absolute atomic E-state index is 0.0163. The summed E-state index contributed by atoms with van der Waals surface area (Å²) in [5.41, 5.74) is 0.954. The number of nitrogens with zero attached hydrogens (tertiary/aromatic N) is 2. The second-order valence-corrected chi connectivity index (χ2v) is 7.91. The van der Waals surface area contributed by atoms with Crippen molar-refractivity contribution >= 4 is 50.6 Å². The molecule has 1 N–H and O–H groups in total. The van der Waals surface area contributed by atoms with Gasteiger partial charge in [0.15, 0.2) is 5.11 Å². The van der Waals surface area contributed by atoms with Gasteiger partial charge in [0, 0.05) is 33.9 Å². The highest BCUT2D eigenvalue weighted by Crippen LogP contribution is 2.41. The van der Waals surface area contributed by atoms with Crippen molar-refractivity contribution in [2.24, 2.45) is 0 Å². The molecule has 0 aliphatic carbocycles. The molecule has 2 aromatic heterocycles. The Morgan fingerprint density at radius 3 is 3.00 bits per heavy atom. The first-order chi connectivity index (χ1) is 12.1. The second-order valence-electron chi connectivity index (χ2n) is 5.67. The number of pyridine rings is 1. The fourth-order valence-corrected chi connectivity index (χ4v) is 4.86. The van der Waals surface area contributed by atoms with Gasteiger partial charge in [-0.15, -0.1) is 11.3 Å². The van der Waals surface area contributed by atoms with Crippen LogP contribution in [0.5, 0.6) is 0 Å². The van der Waals surface area contributed by atoms with Crippen molar-refractivity contribution < 1.29 is 9.53 Å². The Bertz CT molecular complexity index is 753. The Labute approximate surface area is 164 Å². The van der Waals surface area contributed by atoms with E-state index >= 15 is 0 Å². The van der Waals surface area contributed by atoms with Crippen molar-refractivity contribution in [1.82, 2.24) is 15.2 Å². The van der Waals surface area contributed by atoms with Crippen LogP contribution < -0.4 is 5.32 Å². The van der Waals surface area contributed by atoms with E-state index in [1.165, 1.54) is 12.0 Å². The third-order valence-corrected chi connectivity index (χ3v) is 6.20. The van der Waals surface area contributed by atoms with Gasteiger partial charge < -0.3 is 15.0 Å². The molecule has 2 atom stereocenters. The lowest BCUT2D eigenvalue weighted by atomic mass is 10.0. The van der Waals surface area contributed by atoms with E-state index in [0.717, 1.165) is 10.2 Å². The zero-order valence-corrected chi connectivity index (χ0v) is 16.9. The largest absolute Gasteiger partial charge is 0.469 e. The highest BCUT2D eigenvalue weighted by molar-refractivity contribution is 9.10. The number of esters is 1. The van der Waals surface area contributed by atoms with Gasteiger partial charge in [-0.2, -0.15) is 0 Å². The van der Waals surface area contributed by atoms with Crippen molar-refractivity contribution in [1.29, 1.82) is 0 Å². The number of rotatable bonds is 6. The second kappa shape index (κ2) is 8.25. The number of carbonyl (C=O) groups excluding carboxylic acids is 1. The lowest BCUT2D eigenvalue weighted by Crippen LogP contribution is -2.30. The average molecular weight is 440 g/mol. The fourth-order valence-electron chi connectivity index (χ4n) is 2.93. The maximum Gasteiger partial charge on any atom is 0.305 e. The number of ether oxygens (including phenoxy) is 1. The Balaban J connectivity index is 1.85. The van der Waals surface area contributed by atoms with E-state index in [1.54, 1.807) is 17.5 Å². The number of aromatic nitrogens is 1. The van der Waals surface area contributed by atoms with Crippen LogP contribution >= 0.6 is 39.5 Å². The first-order valence-corrected chi connectivity index (χ1v) is 9.97. The third-order valence-electron chi connectivity index (χ3n) is 4.08. The van der Waals surface area contributed by atoms with Crippen LogP contribution in [0.1, 0.15) is 35.5 Å². The molecule has 1 aliphatic heterocycles. The standard InChI is InChI=1S/C17H18BrN3O2S2/c1-23-14(22)6-4-8-21-16(13-9-11(18)10-25-13)15(20-17(21)24)12-5-2-3-7-19-12/h2-3,5,7,9-10,15-16H,4,6,8H2,1H3,(H,20,24)/t15-,16-/m1/s1. The van der Waals surface area contributed by atoms with Crippen LogP contribution in [-0.4, -0.2) is 34.6 Å². The van der Waals surface area contributed by atoms with Gasteiger partial charge in [-0.05, 0) is 52.8 Å². The Morgan fingerprint density at radius 2 is 2.36 bits per heavy atom. The molecule has 5 nitrogen and oxygen atoms in total. The van der Waals surface area contributed by atoms with Crippen LogP contribution in [0.2, 0.25) is 0 Å². The Morgan fingerprint density at radius 1 is 1.52 bits per heavy atom. The number of hydrogen-bond donors (Lipinski definition) is 1. The van der Waals surface area contributed by atoms with Crippen LogP contribution in [0, 0.1) is 0 Å². The summed E-state index contributed by atoms with van der Waals surface area (Å²) in [5.74, 6) is -0.199. The average Bonchev–Trinajstić information content (AvgIpc) is 3.19. The van der Waals surface area contributed by atoms with Gasteiger partial charge in [0.1, 0.15) is 0 Å². The van der Waals surface area contributed by atoms with Crippen molar-refractivity contribution in [2.75, 3.05) is 13.7 Å². The van der Waals surface area contributed by atoms with Crippen LogP contribution in [0.4, 0.5) is 0 Å². The van der Waals surface area contributed by atoms with E-state index in [9.17, 15) is 4.79 Å². The van der Waals surface area contributed by atoms with Crippen LogP contribution in [-0.2, 0) is 9.53 Å². The molecule has 0 saturated carbocycles. The molecule has 2 aromatic rings. The van der Waals surface area contributed by atoms with Gasteiger partial charge in [-0.25, -0.2) is 0 Å². The molecule has 25 heavy (non-hydrogen) atoms. The Kier molecular flexibility index (Phi) is 6.03. The molecular weight excluding hydrogens is 422 g/mol. The van der Waals surface area contributed by atoms with Crippen molar-refractivity contribution in [3.05, 3.63) is 50.9 Å². The predicted molar refractivity (Wildman–Crippen MR) is 105 cm³/mol. The smallest absolute Gasteiger partial charge is 0.305 e. The molecule has 0 spiro atoms. The van der Waals surface area contributed by atoms with Crippen molar-refractivity contribution in [3.63, 3.8) is 0 Å². The van der Waals surface area contributed by atoms with Gasteiger partial charge in [0.2, 0.25) is 0 Å². The lowest BCUT2D eigenvalue weighted by Gasteiger charge is -2.26. The maximum absolute atomic E-state index is 11.4. The van der Waals surface area contributed by atoms with E-state index in [1.807, 2.05) is 18.2 Å². The molecule has 0 aromatic carbocycles. The minimum atomic E-state index is -0.199. The molecule has 3 heterocycles. The summed E-state index contributed by atoms with van der Waals surface area (Å²) >= 11 is 10.8. The van der Waals surface area contributed by atoms with E-state index in [4.69, 9.17) is 17.0 Å². The molecule has 1 saturated heterocycles. The monoisotopic (exact) mass is 439 g/mol. The number of thiophene rings is 1. The predicted octanol–water partition coefficient (Wildman–Crippen LogP) is 3.83. The quantitative estimate of drug-likeness (QED) is 0.545. The zero-order chi connectivity index (χ0) is 17.8. The summed E-state index contributed by atoms with van der Waals surface area (Å²) in [6.07, 6.45) is 2.86. The highest BCUT2D eigenvalue weighted by Gasteiger charge is 2.40. The number of thiocarbonyl (C=S) groups is 1. The van der Waals surface area contributed by atoms with E-state index in [-0.39, 0.29) is 18.1 Å². The molecule has 0 amide bonds. The van der Waals surface area contributed by atoms with Crippen LogP contribution in [0.25, 0.3) is 0 Å². The van der Waals surface area contributed by atoms with Gasteiger partial charge in [0.25, 0.3) is 0 Å². The summed E-state index contributed by atoms with van der Waals surface area (Å²) in [6.45, 7) is 0.685. The van der Waals surface area contributed by atoms with Gasteiger partial charge >= 0.3 is 5.97 Å². The van der Waals surface area contributed by atoms with Gasteiger partial charge in [-0.3, -0.25) is 9.78 Å². The Hall–Kier alpha value is -1.51. The van der Waals surface area contributed by atoms with Crippen LogP contribution in [0.15, 0.2) is 40.3 Å². The van der Waals surface area contributed by atoms with E-state index < -0.39 is 0 Å². The summed E-state index contributed by atoms with van der Waals surface area (Å²) < 4.78 is 5.78. The summed E-state index contributed by atoms with van der Waals surface area (Å²) in [5, 5.41) is 6.16. The third kappa shape index (κ3) is 4.19. The van der Waals surface area contributed by atoms with Crippen molar-refractivity contribution in [3.8, 4) is 0 Å². The first kappa shape index (κ1) is 18.3. The van der Waals surface area contributed by atoms with Gasteiger partial charge in [0.05, 0.1) is 24.9 Å². The summed E-state index contributed by atoms with van der Waals surface area (Å²) in [6, 6.07) is 8.05.